The van der Waals surface area contributed by atoms with Gasteiger partial charge in [-0.1, -0.05) is 140 Å². The largest absolute Gasteiger partial charge is 0.310 e. The van der Waals surface area contributed by atoms with Crippen molar-refractivity contribution < 1.29 is 0 Å². The van der Waals surface area contributed by atoms with Crippen molar-refractivity contribution in [3.8, 4) is 16.8 Å². The molecule has 0 saturated heterocycles. The van der Waals surface area contributed by atoms with Crippen molar-refractivity contribution in [3.05, 3.63) is 188 Å². The first-order valence-electron chi connectivity index (χ1n) is 16.4. The molecule has 0 amide bonds. The summed E-state index contributed by atoms with van der Waals surface area (Å²) in [4.78, 5) is 2.34. The number of hydrogen-bond donors (Lipinski definition) is 0. The Morgan fingerprint density at radius 2 is 1.00 bits per heavy atom. The summed E-state index contributed by atoms with van der Waals surface area (Å²) in [6.07, 6.45) is 1.88. The molecule has 0 atom stereocenters. The average molecular weight is 613 g/mol. The van der Waals surface area contributed by atoms with Crippen molar-refractivity contribution in [2.45, 2.75) is 0 Å². The van der Waals surface area contributed by atoms with Crippen LogP contribution in [0.4, 0.5) is 17.1 Å². The van der Waals surface area contributed by atoms with Crippen LogP contribution in [0.1, 0.15) is 5.56 Å². The fourth-order valence-corrected chi connectivity index (χ4v) is 7.19. The second-order valence-electron chi connectivity index (χ2n) is 12.3. The van der Waals surface area contributed by atoms with Crippen molar-refractivity contribution >= 4 is 66.5 Å². The Hall–Kier alpha value is -6.38. The molecular weight excluding hydrogens is 581 g/mol. The number of fused-ring (bicyclic) bond motifs is 6. The molecule has 0 saturated carbocycles. The van der Waals surface area contributed by atoms with Crippen LogP contribution in [0, 0.1) is 0 Å². The molecule has 0 spiro atoms. The van der Waals surface area contributed by atoms with Gasteiger partial charge in [-0.3, -0.25) is 0 Å². The van der Waals surface area contributed by atoms with E-state index >= 15 is 0 Å². The van der Waals surface area contributed by atoms with Crippen LogP contribution in [-0.2, 0) is 0 Å². The van der Waals surface area contributed by atoms with Gasteiger partial charge in [0.2, 0.25) is 0 Å². The third kappa shape index (κ3) is 4.58. The lowest BCUT2D eigenvalue weighted by Crippen LogP contribution is -2.10. The molecule has 0 aliphatic rings. The topological polar surface area (TPSA) is 8.17 Å². The predicted octanol–water partition coefficient (Wildman–Crippen LogP) is 12.9. The molecule has 48 heavy (non-hydrogen) atoms. The molecule has 2 heteroatoms. The van der Waals surface area contributed by atoms with E-state index in [-0.39, 0.29) is 0 Å². The summed E-state index contributed by atoms with van der Waals surface area (Å²) in [6, 6.07) is 63.5. The molecule has 0 radical (unpaired) electrons. The van der Waals surface area contributed by atoms with Crippen LogP contribution in [0.3, 0.4) is 0 Å². The van der Waals surface area contributed by atoms with Crippen LogP contribution < -0.4 is 4.90 Å². The molecule has 0 unspecified atom stereocenters. The molecule has 0 fully saturated rings. The fraction of sp³-hybridized carbons (Fsp3) is 0. The zero-order chi connectivity index (χ0) is 32.0. The summed E-state index contributed by atoms with van der Waals surface area (Å²) in [5.41, 5.74) is 10.4. The number of anilines is 3. The number of aromatic nitrogens is 1. The number of para-hydroxylation sites is 1. The van der Waals surface area contributed by atoms with E-state index in [2.05, 4.69) is 192 Å². The van der Waals surface area contributed by atoms with Crippen LogP contribution in [0.5, 0.6) is 0 Å². The van der Waals surface area contributed by atoms with E-state index in [1.54, 1.807) is 0 Å². The summed E-state index contributed by atoms with van der Waals surface area (Å²) >= 11 is 0. The molecule has 0 aliphatic carbocycles. The highest BCUT2D eigenvalue weighted by Gasteiger charge is 2.17. The second-order valence-corrected chi connectivity index (χ2v) is 12.3. The maximum Gasteiger partial charge on any atom is 0.0619 e. The van der Waals surface area contributed by atoms with E-state index in [0.717, 1.165) is 28.3 Å². The van der Waals surface area contributed by atoms with Gasteiger partial charge in [-0.2, -0.15) is 0 Å². The summed E-state index contributed by atoms with van der Waals surface area (Å²) in [5.74, 6) is 0. The van der Waals surface area contributed by atoms with E-state index in [1.165, 1.54) is 54.5 Å². The molecular formula is C46H32N2. The molecule has 9 rings (SSSR count). The molecule has 0 bridgehead atoms. The first kappa shape index (κ1) is 27.9. The van der Waals surface area contributed by atoms with Crippen molar-refractivity contribution in [1.29, 1.82) is 0 Å². The van der Waals surface area contributed by atoms with E-state index in [9.17, 15) is 0 Å². The zero-order valence-corrected chi connectivity index (χ0v) is 26.4. The SMILES string of the molecule is C=Cc1ccc(N(c2ccc(-c3ccc(-n4c5ccccc5c5ccc6ccccc6c54)cc3)cc2)c2cccc3ccccc23)cc1. The monoisotopic (exact) mass is 612 g/mol. The van der Waals surface area contributed by atoms with Crippen molar-refractivity contribution in [3.63, 3.8) is 0 Å². The van der Waals surface area contributed by atoms with Gasteiger partial charge in [0.25, 0.3) is 0 Å². The van der Waals surface area contributed by atoms with Crippen LogP contribution in [0.15, 0.2) is 183 Å². The van der Waals surface area contributed by atoms with Gasteiger partial charge >= 0.3 is 0 Å². The molecule has 226 valence electrons. The Kier molecular flexibility index (Phi) is 6.65. The third-order valence-electron chi connectivity index (χ3n) is 9.54. The molecule has 0 aliphatic heterocycles. The van der Waals surface area contributed by atoms with Crippen LogP contribution in [0.2, 0.25) is 0 Å². The lowest BCUT2D eigenvalue weighted by atomic mass is 10.0. The average Bonchev–Trinajstić information content (AvgIpc) is 3.51. The van der Waals surface area contributed by atoms with Gasteiger partial charge in [0.1, 0.15) is 0 Å². The number of hydrogen-bond acceptors (Lipinski definition) is 1. The molecule has 0 N–H and O–H groups in total. The van der Waals surface area contributed by atoms with E-state index in [0.29, 0.717) is 0 Å². The summed E-state index contributed by atoms with van der Waals surface area (Å²) in [6.45, 7) is 3.94. The second kappa shape index (κ2) is 11.5. The van der Waals surface area contributed by atoms with E-state index < -0.39 is 0 Å². The Labute approximate surface area is 280 Å². The van der Waals surface area contributed by atoms with Crippen LogP contribution in [-0.4, -0.2) is 4.57 Å². The van der Waals surface area contributed by atoms with E-state index in [1.807, 2.05) is 6.08 Å². The van der Waals surface area contributed by atoms with Crippen LogP contribution >= 0.6 is 0 Å². The minimum Gasteiger partial charge on any atom is -0.310 e. The van der Waals surface area contributed by atoms with Crippen molar-refractivity contribution in [2.75, 3.05) is 4.90 Å². The van der Waals surface area contributed by atoms with Gasteiger partial charge in [-0.05, 0) is 76.0 Å². The Balaban J connectivity index is 1.12. The van der Waals surface area contributed by atoms with Gasteiger partial charge in [-0.25, -0.2) is 0 Å². The smallest absolute Gasteiger partial charge is 0.0619 e. The Morgan fingerprint density at radius 3 is 1.71 bits per heavy atom. The number of rotatable bonds is 6. The fourth-order valence-electron chi connectivity index (χ4n) is 7.19. The first-order valence-corrected chi connectivity index (χ1v) is 16.4. The van der Waals surface area contributed by atoms with Gasteiger partial charge in [0, 0.05) is 38.6 Å². The molecule has 8 aromatic carbocycles. The number of benzene rings is 8. The van der Waals surface area contributed by atoms with Crippen LogP contribution in [0.25, 0.3) is 66.2 Å². The quantitative estimate of drug-likeness (QED) is 0.181. The summed E-state index contributed by atoms with van der Waals surface area (Å²) in [5, 5.41) is 7.49. The molecule has 1 aromatic heterocycles. The predicted molar refractivity (Wildman–Crippen MR) is 206 cm³/mol. The molecule has 9 aromatic rings. The van der Waals surface area contributed by atoms with Crippen molar-refractivity contribution in [2.24, 2.45) is 0 Å². The van der Waals surface area contributed by atoms with Crippen molar-refractivity contribution in [1.82, 2.24) is 4.57 Å². The van der Waals surface area contributed by atoms with Gasteiger partial charge in [0.15, 0.2) is 0 Å². The summed E-state index contributed by atoms with van der Waals surface area (Å²) < 4.78 is 2.42. The Morgan fingerprint density at radius 1 is 0.438 bits per heavy atom. The summed E-state index contributed by atoms with van der Waals surface area (Å²) in [7, 11) is 0. The highest BCUT2D eigenvalue weighted by atomic mass is 15.1. The van der Waals surface area contributed by atoms with Gasteiger partial charge in [-0.15, -0.1) is 0 Å². The highest BCUT2D eigenvalue weighted by Crippen LogP contribution is 2.40. The third-order valence-corrected chi connectivity index (χ3v) is 9.54. The normalized spacial score (nSPS) is 11.4. The molecule has 2 nitrogen and oxygen atoms in total. The standard InChI is InChI=1S/C46H32N2/c1-2-32-18-25-37(26-19-32)47(44-17-9-12-35-10-3-5-13-40(35)44)38-27-20-33(21-28-38)34-22-29-39(30-23-34)48-45-16-8-7-15-42(45)43-31-24-36-11-4-6-14-41(36)46(43)48/h2-31H,1H2. The highest BCUT2D eigenvalue weighted by molar-refractivity contribution is 6.18. The number of nitrogens with zero attached hydrogens (tertiary/aromatic N) is 2. The minimum absolute atomic E-state index is 1.10. The molecule has 1 heterocycles. The lowest BCUT2D eigenvalue weighted by Gasteiger charge is -2.27. The minimum atomic E-state index is 1.10. The lowest BCUT2D eigenvalue weighted by molar-refractivity contribution is 1.19. The van der Waals surface area contributed by atoms with E-state index in [4.69, 9.17) is 0 Å². The zero-order valence-electron chi connectivity index (χ0n) is 26.4. The maximum atomic E-state index is 3.94. The van der Waals surface area contributed by atoms with Gasteiger partial charge < -0.3 is 9.47 Å². The van der Waals surface area contributed by atoms with Gasteiger partial charge in [0.05, 0.1) is 16.7 Å². The first-order chi connectivity index (χ1) is 23.8. The maximum absolute atomic E-state index is 3.94. The Bertz CT molecular complexity index is 2600.